The maximum atomic E-state index is 5.51. The van der Waals surface area contributed by atoms with Crippen molar-refractivity contribution in [3.8, 4) is 5.75 Å². The van der Waals surface area contributed by atoms with Gasteiger partial charge in [0, 0.05) is 17.2 Å². The van der Waals surface area contributed by atoms with Gasteiger partial charge in [-0.3, -0.25) is 0 Å². The van der Waals surface area contributed by atoms with Crippen LogP contribution in [-0.4, -0.2) is 27.4 Å². The molecule has 4 aromatic rings. The van der Waals surface area contributed by atoms with E-state index < -0.39 is 0 Å². The molecule has 4 rings (SSSR count). The van der Waals surface area contributed by atoms with Crippen LogP contribution in [0.25, 0.3) is 5.65 Å². The molecule has 0 amide bonds. The molecule has 0 aliphatic heterocycles. The second kappa shape index (κ2) is 6.57. The van der Waals surface area contributed by atoms with E-state index in [2.05, 4.69) is 10.1 Å². The molecule has 0 spiro atoms. The first kappa shape index (κ1) is 15.1. The Bertz CT molecular complexity index is 982. The zero-order valence-electron chi connectivity index (χ0n) is 13.7. The first-order chi connectivity index (χ1) is 12.3. The minimum Gasteiger partial charge on any atom is -0.494 e. The number of nitrogens with zero attached hydrogens (tertiary/aromatic N) is 4. The zero-order valence-corrected chi connectivity index (χ0v) is 13.7. The highest BCUT2D eigenvalue weighted by Crippen LogP contribution is 2.29. The Kier molecular flexibility index (Phi) is 3.96. The lowest BCUT2D eigenvalue weighted by molar-refractivity contribution is 0.416. The number of hydrogen-bond acceptors (Lipinski definition) is 4. The van der Waals surface area contributed by atoms with Gasteiger partial charge >= 0.3 is 0 Å². The summed E-state index contributed by atoms with van der Waals surface area (Å²) in [6.45, 7) is 0. The third-order valence-electron chi connectivity index (χ3n) is 3.90. The topological polar surface area (TPSA) is 51.8 Å². The molecular weight excluding hydrogens is 312 g/mol. The summed E-state index contributed by atoms with van der Waals surface area (Å²) in [6.07, 6.45) is 3.34. The smallest absolute Gasteiger partial charge is 0.159 e. The van der Waals surface area contributed by atoms with E-state index in [1.165, 1.54) is 6.33 Å². The number of ether oxygens (including phenoxy) is 1. The van der Waals surface area contributed by atoms with E-state index in [-0.39, 0.29) is 0 Å². The monoisotopic (exact) mass is 328 g/mol. The fourth-order valence-corrected chi connectivity index (χ4v) is 2.69. The van der Waals surface area contributed by atoms with E-state index in [9.17, 15) is 0 Å². The lowest BCUT2D eigenvalue weighted by Crippen LogP contribution is -2.03. The van der Waals surface area contributed by atoms with Gasteiger partial charge in [0.1, 0.15) is 17.8 Å². The predicted molar refractivity (Wildman–Crippen MR) is 97.7 cm³/mol. The summed E-state index contributed by atoms with van der Waals surface area (Å²) in [4.78, 5) is 9.09. The number of fused-ring (bicyclic) bond motifs is 1. The standard InChI is InChI=1S/C20H16N4O/c1-25-18-12-19-21-14-22-24(19)13-17(18)23-20(15-8-4-2-5-9-15)16-10-6-3-7-11-16/h2-14H,1H3. The van der Waals surface area contributed by atoms with Crippen LogP contribution >= 0.6 is 0 Å². The van der Waals surface area contributed by atoms with Crippen LogP contribution in [0.15, 0.2) is 84.2 Å². The van der Waals surface area contributed by atoms with Crippen LogP contribution in [-0.2, 0) is 0 Å². The molecule has 0 aliphatic carbocycles. The van der Waals surface area contributed by atoms with Crippen molar-refractivity contribution in [2.24, 2.45) is 4.99 Å². The average Bonchev–Trinajstić information content (AvgIpc) is 3.14. The van der Waals surface area contributed by atoms with E-state index >= 15 is 0 Å². The van der Waals surface area contributed by atoms with Gasteiger partial charge in [-0.25, -0.2) is 14.5 Å². The number of aromatic nitrogens is 3. The number of hydrogen-bond donors (Lipinski definition) is 0. The van der Waals surface area contributed by atoms with E-state index in [1.807, 2.05) is 72.9 Å². The fourth-order valence-electron chi connectivity index (χ4n) is 2.69. The van der Waals surface area contributed by atoms with Gasteiger partial charge in [0.05, 0.1) is 19.0 Å². The first-order valence-electron chi connectivity index (χ1n) is 7.92. The van der Waals surface area contributed by atoms with E-state index in [0.29, 0.717) is 11.4 Å². The molecule has 0 aliphatic rings. The Balaban J connectivity index is 1.93. The van der Waals surface area contributed by atoms with Crippen molar-refractivity contribution in [3.05, 3.63) is 90.4 Å². The molecular formula is C20H16N4O. The van der Waals surface area contributed by atoms with Crippen LogP contribution in [0.5, 0.6) is 5.75 Å². The van der Waals surface area contributed by atoms with Crippen molar-refractivity contribution in [1.82, 2.24) is 14.6 Å². The van der Waals surface area contributed by atoms with Gasteiger partial charge in [0.15, 0.2) is 5.65 Å². The van der Waals surface area contributed by atoms with Crippen LogP contribution in [0.4, 0.5) is 5.69 Å². The average molecular weight is 328 g/mol. The minimum absolute atomic E-state index is 0.657. The minimum atomic E-state index is 0.657. The van der Waals surface area contributed by atoms with Gasteiger partial charge in [0.2, 0.25) is 0 Å². The maximum Gasteiger partial charge on any atom is 0.159 e. The Morgan fingerprint density at radius 1 is 0.960 bits per heavy atom. The third kappa shape index (κ3) is 2.99. The van der Waals surface area contributed by atoms with Crippen molar-refractivity contribution in [1.29, 1.82) is 0 Å². The molecule has 0 atom stereocenters. The third-order valence-corrected chi connectivity index (χ3v) is 3.90. The number of rotatable bonds is 4. The largest absolute Gasteiger partial charge is 0.494 e. The zero-order chi connectivity index (χ0) is 17.1. The van der Waals surface area contributed by atoms with Crippen molar-refractivity contribution in [2.45, 2.75) is 0 Å². The normalized spacial score (nSPS) is 10.6. The van der Waals surface area contributed by atoms with Gasteiger partial charge in [0.25, 0.3) is 0 Å². The van der Waals surface area contributed by atoms with Gasteiger partial charge < -0.3 is 4.74 Å². The summed E-state index contributed by atoms with van der Waals surface area (Å²) >= 11 is 0. The molecule has 0 saturated carbocycles. The Hall–Kier alpha value is -3.47. The van der Waals surface area contributed by atoms with Gasteiger partial charge in [-0.15, -0.1) is 0 Å². The molecule has 122 valence electrons. The summed E-state index contributed by atoms with van der Waals surface area (Å²) in [5.74, 6) is 0.657. The molecule has 5 heteroatoms. The molecule has 0 N–H and O–H groups in total. The molecule has 5 nitrogen and oxygen atoms in total. The van der Waals surface area contributed by atoms with E-state index in [4.69, 9.17) is 9.73 Å². The summed E-state index contributed by atoms with van der Waals surface area (Å²) in [5, 5.41) is 4.19. The fraction of sp³-hybridized carbons (Fsp3) is 0.0500. The second-order valence-electron chi connectivity index (χ2n) is 5.48. The molecule has 0 saturated heterocycles. The van der Waals surface area contributed by atoms with Gasteiger partial charge in [-0.1, -0.05) is 60.7 Å². The van der Waals surface area contributed by atoms with Gasteiger partial charge in [-0.05, 0) is 0 Å². The Morgan fingerprint density at radius 2 is 1.60 bits per heavy atom. The quantitative estimate of drug-likeness (QED) is 0.534. The van der Waals surface area contributed by atoms with Crippen LogP contribution in [0.2, 0.25) is 0 Å². The van der Waals surface area contributed by atoms with E-state index in [1.54, 1.807) is 11.6 Å². The summed E-state index contributed by atoms with van der Waals surface area (Å²) in [5.41, 5.74) is 4.36. The predicted octanol–water partition coefficient (Wildman–Crippen LogP) is 3.91. The molecule has 0 fully saturated rings. The molecule has 2 aromatic heterocycles. The SMILES string of the molecule is COc1cc2ncnn2cc1N=C(c1ccccc1)c1ccccc1. The molecule has 2 heterocycles. The highest BCUT2D eigenvalue weighted by atomic mass is 16.5. The molecule has 0 radical (unpaired) electrons. The Labute approximate surface area is 145 Å². The molecule has 0 unspecified atom stereocenters. The summed E-state index contributed by atoms with van der Waals surface area (Å²) in [7, 11) is 1.63. The summed E-state index contributed by atoms with van der Waals surface area (Å²) in [6, 6.07) is 22.0. The van der Waals surface area contributed by atoms with Crippen LogP contribution in [0.1, 0.15) is 11.1 Å². The number of benzene rings is 2. The maximum absolute atomic E-state index is 5.51. The van der Waals surface area contributed by atoms with Crippen molar-refractivity contribution in [3.63, 3.8) is 0 Å². The highest BCUT2D eigenvalue weighted by molar-refractivity contribution is 6.14. The highest BCUT2D eigenvalue weighted by Gasteiger charge is 2.11. The van der Waals surface area contributed by atoms with Gasteiger partial charge in [-0.2, -0.15) is 5.10 Å². The number of pyridine rings is 1. The second-order valence-corrected chi connectivity index (χ2v) is 5.48. The number of aliphatic imine (C=N–C) groups is 1. The molecule has 25 heavy (non-hydrogen) atoms. The van der Waals surface area contributed by atoms with E-state index in [0.717, 1.165) is 22.5 Å². The lowest BCUT2D eigenvalue weighted by atomic mass is 10.0. The van der Waals surface area contributed by atoms with Crippen LogP contribution in [0, 0.1) is 0 Å². The Morgan fingerprint density at radius 3 is 2.20 bits per heavy atom. The van der Waals surface area contributed by atoms with Crippen LogP contribution < -0.4 is 4.74 Å². The molecule has 2 aromatic carbocycles. The first-order valence-corrected chi connectivity index (χ1v) is 7.92. The van der Waals surface area contributed by atoms with Crippen molar-refractivity contribution in [2.75, 3.05) is 7.11 Å². The summed E-state index contributed by atoms with van der Waals surface area (Å²) < 4.78 is 7.20. The van der Waals surface area contributed by atoms with Crippen LogP contribution in [0.3, 0.4) is 0 Å². The number of methoxy groups -OCH3 is 1. The van der Waals surface area contributed by atoms with Crippen molar-refractivity contribution < 1.29 is 4.74 Å². The molecule has 0 bridgehead atoms. The van der Waals surface area contributed by atoms with Crippen molar-refractivity contribution >= 4 is 17.0 Å². The lowest BCUT2D eigenvalue weighted by Gasteiger charge is -2.10.